The number of halogens is 3. The van der Waals surface area contributed by atoms with Crippen molar-refractivity contribution in [1.82, 2.24) is 0 Å². The molecule has 0 radical (unpaired) electrons. The molecule has 0 amide bonds. The lowest BCUT2D eigenvalue weighted by atomic mass is 9.81. The van der Waals surface area contributed by atoms with Gasteiger partial charge in [-0.2, -0.15) is 11.3 Å². The summed E-state index contributed by atoms with van der Waals surface area (Å²) in [6.45, 7) is 0. The van der Waals surface area contributed by atoms with Crippen LogP contribution in [0.1, 0.15) is 37.4 Å². The summed E-state index contributed by atoms with van der Waals surface area (Å²) in [5, 5.41) is 13.9. The fourth-order valence-electron chi connectivity index (χ4n) is 2.13. The van der Waals surface area contributed by atoms with Gasteiger partial charge in [-0.05, 0) is 40.1 Å². The van der Waals surface area contributed by atoms with Crippen LogP contribution < -0.4 is 0 Å². The highest BCUT2D eigenvalue weighted by atomic mass is 79.9. The number of alkyl halides is 2. The van der Waals surface area contributed by atoms with Crippen LogP contribution in [0.25, 0.3) is 0 Å². The van der Waals surface area contributed by atoms with Gasteiger partial charge in [0, 0.05) is 28.3 Å². The number of thiophene rings is 1. The molecule has 1 aliphatic rings. The van der Waals surface area contributed by atoms with Gasteiger partial charge in [0.1, 0.15) is 0 Å². The number of hydrogen-bond donors (Lipinski definition) is 1. The lowest BCUT2D eigenvalue weighted by Gasteiger charge is -2.31. The van der Waals surface area contributed by atoms with Crippen molar-refractivity contribution in [2.45, 2.75) is 37.7 Å². The molecule has 1 aromatic heterocycles. The van der Waals surface area contributed by atoms with E-state index in [1.807, 2.05) is 10.8 Å². The van der Waals surface area contributed by atoms with Gasteiger partial charge in [0.05, 0.1) is 6.10 Å². The molecule has 0 bridgehead atoms. The predicted molar refractivity (Wildman–Crippen MR) is 63.9 cm³/mol. The van der Waals surface area contributed by atoms with Gasteiger partial charge in [0.25, 0.3) is 0 Å². The van der Waals surface area contributed by atoms with Crippen LogP contribution >= 0.6 is 27.3 Å². The molecule has 1 unspecified atom stereocenters. The van der Waals surface area contributed by atoms with E-state index in [0.717, 1.165) is 10.0 Å². The summed E-state index contributed by atoms with van der Waals surface area (Å²) in [6, 6.07) is 0. The average Bonchev–Trinajstić information content (AvgIpc) is 2.63. The highest BCUT2D eigenvalue weighted by Gasteiger charge is 2.37. The van der Waals surface area contributed by atoms with Crippen molar-refractivity contribution in [2.75, 3.05) is 0 Å². The maximum atomic E-state index is 13.0. The minimum absolute atomic E-state index is 0.0366. The predicted octanol–water partition coefficient (Wildman–Crippen LogP) is 4.37. The van der Waals surface area contributed by atoms with Crippen molar-refractivity contribution in [3.05, 3.63) is 20.8 Å². The molecule has 0 aromatic carbocycles. The molecule has 16 heavy (non-hydrogen) atoms. The van der Waals surface area contributed by atoms with E-state index in [0.29, 0.717) is 12.8 Å². The topological polar surface area (TPSA) is 20.2 Å². The number of aliphatic hydroxyl groups is 1. The lowest BCUT2D eigenvalue weighted by Crippen LogP contribution is -2.27. The second-order valence-corrected chi connectivity index (χ2v) is 5.91. The van der Waals surface area contributed by atoms with Gasteiger partial charge in [-0.25, -0.2) is 8.78 Å². The first-order chi connectivity index (χ1) is 7.49. The molecule has 1 atom stereocenters. The normalized spacial score (nSPS) is 23.2. The Bertz CT molecular complexity index is 357. The van der Waals surface area contributed by atoms with Gasteiger partial charge < -0.3 is 5.11 Å². The van der Waals surface area contributed by atoms with Gasteiger partial charge in [-0.1, -0.05) is 0 Å². The van der Waals surface area contributed by atoms with Gasteiger partial charge in [0.15, 0.2) is 0 Å². The number of rotatable bonds is 2. The first-order valence-electron chi connectivity index (χ1n) is 5.27. The SMILES string of the molecule is OC(c1cscc1Br)C1CCC(F)(F)CC1. The van der Waals surface area contributed by atoms with E-state index >= 15 is 0 Å². The Morgan fingerprint density at radius 1 is 1.38 bits per heavy atom. The molecule has 1 heterocycles. The van der Waals surface area contributed by atoms with Crippen LogP contribution in [0.2, 0.25) is 0 Å². The highest BCUT2D eigenvalue weighted by Crippen LogP contribution is 2.43. The fraction of sp³-hybridized carbons (Fsp3) is 0.636. The third-order valence-corrected chi connectivity index (χ3v) is 4.92. The van der Waals surface area contributed by atoms with Crippen molar-refractivity contribution in [3.63, 3.8) is 0 Å². The van der Waals surface area contributed by atoms with Gasteiger partial charge in [-0.15, -0.1) is 0 Å². The Labute approximate surface area is 106 Å². The van der Waals surface area contributed by atoms with Crippen LogP contribution in [0.3, 0.4) is 0 Å². The minimum atomic E-state index is -2.53. The summed E-state index contributed by atoms with van der Waals surface area (Å²) < 4.78 is 26.8. The molecule has 0 saturated heterocycles. The quantitative estimate of drug-likeness (QED) is 0.860. The summed E-state index contributed by atoms with van der Waals surface area (Å²) in [5.74, 6) is -2.56. The molecule has 1 saturated carbocycles. The van der Waals surface area contributed by atoms with Crippen molar-refractivity contribution in [1.29, 1.82) is 0 Å². The Balaban J connectivity index is 2.02. The molecular formula is C11H13BrF2OS. The lowest BCUT2D eigenvalue weighted by molar-refractivity contribution is -0.0627. The maximum Gasteiger partial charge on any atom is 0.248 e. The van der Waals surface area contributed by atoms with Crippen molar-refractivity contribution in [3.8, 4) is 0 Å². The molecular weight excluding hydrogens is 298 g/mol. The molecule has 0 spiro atoms. The van der Waals surface area contributed by atoms with E-state index in [2.05, 4.69) is 15.9 Å². The van der Waals surface area contributed by atoms with E-state index < -0.39 is 12.0 Å². The van der Waals surface area contributed by atoms with Crippen molar-refractivity contribution >= 4 is 27.3 Å². The molecule has 1 aliphatic carbocycles. The molecule has 2 rings (SSSR count). The number of aliphatic hydroxyl groups excluding tert-OH is 1. The first-order valence-corrected chi connectivity index (χ1v) is 7.01. The smallest absolute Gasteiger partial charge is 0.248 e. The zero-order valence-corrected chi connectivity index (χ0v) is 11.0. The molecule has 0 aliphatic heterocycles. The number of hydrogen-bond acceptors (Lipinski definition) is 2. The van der Waals surface area contributed by atoms with Crippen molar-refractivity contribution in [2.24, 2.45) is 5.92 Å². The van der Waals surface area contributed by atoms with Crippen LogP contribution in [0.15, 0.2) is 15.2 Å². The molecule has 5 heteroatoms. The highest BCUT2D eigenvalue weighted by molar-refractivity contribution is 9.10. The molecule has 90 valence electrons. The van der Waals surface area contributed by atoms with Gasteiger partial charge in [-0.3, -0.25) is 0 Å². The largest absolute Gasteiger partial charge is 0.388 e. The van der Waals surface area contributed by atoms with E-state index in [4.69, 9.17) is 0 Å². The van der Waals surface area contributed by atoms with E-state index in [1.54, 1.807) is 0 Å². The molecule has 1 fully saturated rings. The van der Waals surface area contributed by atoms with Crippen LogP contribution in [0, 0.1) is 5.92 Å². The van der Waals surface area contributed by atoms with Gasteiger partial charge in [0.2, 0.25) is 5.92 Å². The monoisotopic (exact) mass is 310 g/mol. The first kappa shape index (κ1) is 12.5. The summed E-state index contributed by atoms with van der Waals surface area (Å²) in [7, 11) is 0. The maximum absolute atomic E-state index is 13.0. The van der Waals surface area contributed by atoms with Crippen LogP contribution in [0.4, 0.5) is 8.78 Å². The van der Waals surface area contributed by atoms with Crippen LogP contribution in [-0.2, 0) is 0 Å². The third kappa shape index (κ3) is 2.63. The van der Waals surface area contributed by atoms with Gasteiger partial charge >= 0.3 is 0 Å². The van der Waals surface area contributed by atoms with Crippen LogP contribution in [-0.4, -0.2) is 11.0 Å². The Hall–Kier alpha value is -0.000000000000000111. The summed E-state index contributed by atoms with van der Waals surface area (Å²) in [4.78, 5) is 0. The zero-order chi connectivity index (χ0) is 11.8. The minimum Gasteiger partial charge on any atom is -0.388 e. The zero-order valence-electron chi connectivity index (χ0n) is 8.63. The Kier molecular flexibility index (Phi) is 3.66. The Morgan fingerprint density at radius 3 is 2.50 bits per heavy atom. The van der Waals surface area contributed by atoms with Crippen LogP contribution in [0.5, 0.6) is 0 Å². The van der Waals surface area contributed by atoms with Crippen molar-refractivity contribution < 1.29 is 13.9 Å². The second-order valence-electron chi connectivity index (χ2n) is 4.31. The summed E-state index contributed by atoms with van der Waals surface area (Å²) in [5.41, 5.74) is 0.834. The summed E-state index contributed by atoms with van der Waals surface area (Å²) in [6.07, 6.45) is -0.0170. The third-order valence-electron chi connectivity index (χ3n) is 3.17. The summed E-state index contributed by atoms with van der Waals surface area (Å²) >= 11 is 4.86. The van der Waals surface area contributed by atoms with E-state index in [1.165, 1.54) is 11.3 Å². The fourth-order valence-corrected chi connectivity index (χ4v) is 3.70. The Morgan fingerprint density at radius 2 is 2.00 bits per heavy atom. The molecule has 1 N–H and O–H groups in total. The standard InChI is InChI=1S/C11H13BrF2OS/c12-9-6-16-5-8(9)10(15)7-1-3-11(13,14)4-2-7/h5-7,10,15H,1-4H2. The van der Waals surface area contributed by atoms with E-state index in [-0.39, 0.29) is 18.8 Å². The molecule has 1 aromatic rings. The average molecular weight is 311 g/mol. The molecule has 1 nitrogen and oxygen atoms in total. The van der Waals surface area contributed by atoms with E-state index in [9.17, 15) is 13.9 Å². The second kappa shape index (κ2) is 4.70.